The van der Waals surface area contributed by atoms with Crippen LogP contribution in [0.2, 0.25) is 5.02 Å². The van der Waals surface area contributed by atoms with Crippen LogP contribution in [0, 0.1) is 11.3 Å². The molecule has 1 N–H and O–H groups in total. The average molecular weight is 414 g/mol. The Kier molecular flexibility index (Phi) is 5.49. The van der Waals surface area contributed by atoms with E-state index in [1.54, 1.807) is 0 Å². The summed E-state index contributed by atoms with van der Waals surface area (Å²) in [5, 5.41) is 16.2. The number of nitrogens with one attached hydrogen (secondary N) is 1. The second-order valence-electron chi connectivity index (χ2n) is 5.91. The minimum Gasteiger partial charge on any atom is -0.378 e. The van der Waals surface area contributed by atoms with Crippen LogP contribution in [0.25, 0.3) is 5.69 Å². The van der Waals surface area contributed by atoms with Gasteiger partial charge in [0.1, 0.15) is 11.6 Å². The summed E-state index contributed by atoms with van der Waals surface area (Å²) < 4.78 is 45.1. The number of hydrogen-bond acceptors (Lipinski definition) is 5. The highest BCUT2D eigenvalue weighted by molar-refractivity contribution is 6.32. The third-order valence-electron chi connectivity index (χ3n) is 4.24. The Balaban J connectivity index is 2.15. The van der Waals surface area contributed by atoms with Crippen molar-refractivity contribution < 1.29 is 22.7 Å². The number of alkyl halides is 3. The number of carbonyl (C=O) groups excluding carboxylic acids is 1. The van der Waals surface area contributed by atoms with Crippen LogP contribution in [0.3, 0.4) is 0 Å². The minimum absolute atomic E-state index is 0.0186. The Bertz CT molecular complexity index is 945. The summed E-state index contributed by atoms with van der Waals surface area (Å²) in [6, 6.07) is 4.65. The molecule has 1 fully saturated rings. The maximum atomic E-state index is 13.0. The third kappa shape index (κ3) is 3.63. The van der Waals surface area contributed by atoms with Gasteiger partial charge in [-0.3, -0.25) is 4.79 Å². The van der Waals surface area contributed by atoms with E-state index >= 15 is 0 Å². The zero-order valence-corrected chi connectivity index (χ0v) is 15.4. The standard InChI is InChI=1S/C17H15ClF3N5O2/c1-23-15-11(9-22)14(16(27)25-4-6-28-7-5-25)26(24-15)13-3-2-10(8-12(13)18)17(19,20)21/h2-3,8H,4-7H2,1H3,(H,23,24). The predicted octanol–water partition coefficient (Wildman–Crippen LogP) is 2.93. The summed E-state index contributed by atoms with van der Waals surface area (Å²) in [6.07, 6.45) is -4.56. The van der Waals surface area contributed by atoms with E-state index in [1.165, 1.54) is 11.9 Å². The zero-order chi connectivity index (χ0) is 20.5. The van der Waals surface area contributed by atoms with Gasteiger partial charge in [-0.05, 0) is 18.2 Å². The van der Waals surface area contributed by atoms with Crippen molar-refractivity contribution in [2.75, 3.05) is 38.7 Å². The van der Waals surface area contributed by atoms with Gasteiger partial charge in [-0.25, -0.2) is 4.68 Å². The van der Waals surface area contributed by atoms with Gasteiger partial charge in [-0.2, -0.15) is 18.4 Å². The van der Waals surface area contributed by atoms with Crippen molar-refractivity contribution in [3.05, 3.63) is 40.0 Å². The van der Waals surface area contributed by atoms with Gasteiger partial charge in [0, 0.05) is 20.1 Å². The molecule has 1 aromatic carbocycles. The number of amides is 1. The highest BCUT2D eigenvalue weighted by atomic mass is 35.5. The molecule has 1 aliphatic rings. The van der Waals surface area contributed by atoms with Gasteiger partial charge in [-0.1, -0.05) is 11.6 Å². The molecule has 1 aliphatic heterocycles. The first-order valence-electron chi connectivity index (χ1n) is 8.23. The second-order valence-corrected chi connectivity index (χ2v) is 6.32. The van der Waals surface area contributed by atoms with E-state index in [2.05, 4.69) is 10.4 Å². The molecule has 7 nitrogen and oxygen atoms in total. The van der Waals surface area contributed by atoms with Crippen LogP contribution in [0.1, 0.15) is 21.6 Å². The van der Waals surface area contributed by atoms with E-state index in [0.29, 0.717) is 26.3 Å². The number of morpholine rings is 1. The highest BCUT2D eigenvalue weighted by Crippen LogP contribution is 2.34. The van der Waals surface area contributed by atoms with E-state index in [0.717, 1.165) is 22.9 Å². The molecule has 28 heavy (non-hydrogen) atoms. The predicted molar refractivity (Wildman–Crippen MR) is 94.6 cm³/mol. The first-order chi connectivity index (χ1) is 13.3. The Labute approximate surface area is 163 Å². The van der Waals surface area contributed by atoms with Crippen LogP contribution >= 0.6 is 11.6 Å². The fraction of sp³-hybridized carbons (Fsp3) is 0.353. The summed E-state index contributed by atoms with van der Waals surface area (Å²) in [5.74, 6) is -0.361. The number of halogens is 4. The average Bonchev–Trinajstić information content (AvgIpc) is 3.05. The zero-order valence-electron chi connectivity index (χ0n) is 14.7. The number of nitriles is 1. The number of hydrogen-bond donors (Lipinski definition) is 1. The van der Waals surface area contributed by atoms with Crippen LogP contribution in [0.4, 0.5) is 19.0 Å². The van der Waals surface area contributed by atoms with Gasteiger partial charge in [0.25, 0.3) is 5.91 Å². The van der Waals surface area contributed by atoms with E-state index in [1.807, 2.05) is 6.07 Å². The fourth-order valence-corrected chi connectivity index (χ4v) is 3.10. The lowest BCUT2D eigenvalue weighted by Crippen LogP contribution is -2.41. The van der Waals surface area contributed by atoms with Crippen LogP contribution in [-0.4, -0.2) is 53.9 Å². The van der Waals surface area contributed by atoms with E-state index in [4.69, 9.17) is 16.3 Å². The summed E-state index contributed by atoms with van der Waals surface area (Å²) in [4.78, 5) is 14.5. The molecule has 0 aliphatic carbocycles. The highest BCUT2D eigenvalue weighted by Gasteiger charge is 2.33. The van der Waals surface area contributed by atoms with Crippen molar-refractivity contribution >= 4 is 23.3 Å². The number of aromatic nitrogens is 2. The van der Waals surface area contributed by atoms with Gasteiger partial charge in [0.05, 0.1) is 29.5 Å². The Hall–Kier alpha value is -2.77. The monoisotopic (exact) mass is 413 g/mol. The Morgan fingerprint density at radius 2 is 2.04 bits per heavy atom. The van der Waals surface area contributed by atoms with Gasteiger partial charge in [0.15, 0.2) is 11.5 Å². The fourth-order valence-electron chi connectivity index (χ4n) is 2.84. The second kappa shape index (κ2) is 7.69. The molecule has 0 saturated carbocycles. The van der Waals surface area contributed by atoms with Crippen molar-refractivity contribution in [1.29, 1.82) is 5.26 Å². The summed E-state index contributed by atoms with van der Waals surface area (Å²) >= 11 is 6.07. The quantitative estimate of drug-likeness (QED) is 0.836. The normalized spacial score (nSPS) is 14.6. The van der Waals surface area contributed by atoms with E-state index in [9.17, 15) is 23.2 Å². The molecular formula is C17H15ClF3N5O2. The van der Waals surface area contributed by atoms with Crippen LogP contribution in [0.15, 0.2) is 18.2 Å². The summed E-state index contributed by atoms with van der Waals surface area (Å²) in [5.41, 5.74) is -0.960. The first kappa shape index (κ1) is 20.0. The largest absolute Gasteiger partial charge is 0.416 e. The molecule has 11 heteroatoms. The Morgan fingerprint density at radius 3 is 2.57 bits per heavy atom. The lowest BCUT2D eigenvalue weighted by atomic mass is 10.1. The molecular weight excluding hydrogens is 399 g/mol. The molecule has 3 rings (SSSR count). The lowest BCUT2D eigenvalue weighted by molar-refractivity contribution is -0.137. The smallest absolute Gasteiger partial charge is 0.378 e. The molecule has 1 aromatic heterocycles. The molecule has 0 atom stereocenters. The number of nitrogens with zero attached hydrogens (tertiary/aromatic N) is 4. The molecule has 0 unspecified atom stereocenters. The maximum Gasteiger partial charge on any atom is 0.416 e. The number of anilines is 1. The molecule has 1 saturated heterocycles. The molecule has 0 spiro atoms. The number of carbonyl (C=O) groups is 1. The minimum atomic E-state index is -4.56. The van der Waals surface area contributed by atoms with Gasteiger partial charge >= 0.3 is 6.18 Å². The molecule has 0 bridgehead atoms. The summed E-state index contributed by atoms with van der Waals surface area (Å²) in [6.45, 7) is 1.35. The lowest BCUT2D eigenvalue weighted by Gasteiger charge is -2.27. The third-order valence-corrected chi connectivity index (χ3v) is 4.54. The van der Waals surface area contributed by atoms with Crippen molar-refractivity contribution in [2.45, 2.75) is 6.18 Å². The molecule has 2 aromatic rings. The molecule has 2 heterocycles. The number of rotatable bonds is 3. The summed E-state index contributed by atoms with van der Waals surface area (Å²) in [7, 11) is 1.52. The first-order valence-corrected chi connectivity index (χ1v) is 8.60. The van der Waals surface area contributed by atoms with Crippen molar-refractivity contribution in [3.63, 3.8) is 0 Å². The van der Waals surface area contributed by atoms with E-state index in [-0.39, 0.29) is 27.8 Å². The van der Waals surface area contributed by atoms with E-state index < -0.39 is 17.6 Å². The van der Waals surface area contributed by atoms with Crippen LogP contribution in [0.5, 0.6) is 0 Å². The topological polar surface area (TPSA) is 83.2 Å². The van der Waals surface area contributed by atoms with Gasteiger partial charge < -0.3 is 15.0 Å². The van der Waals surface area contributed by atoms with Crippen molar-refractivity contribution in [3.8, 4) is 11.8 Å². The number of ether oxygens (including phenoxy) is 1. The SMILES string of the molecule is CNc1nn(-c2ccc(C(F)(F)F)cc2Cl)c(C(=O)N2CCOCC2)c1C#N. The number of benzene rings is 1. The van der Waals surface area contributed by atoms with Crippen molar-refractivity contribution in [2.24, 2.45) is 0 Å². The van der Waals surface area contributed by atoms with Crippen LogP contribution < -0.4 is 5.32 Å². The van der Waals surface area contributed by atoms with Gasteiger partial charge in [-0.15, -0.1) is 5.10 Å². The maximum absolute atomic E-state index is 13.0. The molecule has 1 amide bonds. The molecule has 0 radical (unpaired) electrons. The van der Waals surface area contributed by atoms with Crippen LogP contribution in [-0.2, 0) is 10.9 Å². The van der Waals surface area contributed by atoms with Crippen molar-refractivity contribution in [1.82, 2.24) is 14.7 Å². The van der Waals surface area contributed by atoms with Gasteiger partial charge in [0.2, 0.25) is 0 Å². The Morgan fingerprint density at radius 1 is 1.36 bits per heavy atom. The molecule has 148 valence electrons.